The van der Waals surface area contributed by atoms with Gasteiger partial charge in [0.15, 0.2) is 11.6 Å². The predicted molar refractivity (Wildman–Crippen MR) is 136 cm³/mol. The van der Waals surface area contributed by atoms with Crippen molar-refractivity contribution in [2.75, 3.05) is 43.1 Å². The maximum Gasteiger partial charge on any atom is 0.178 e. The average Bonchev–Trinajstić information content (AvgIpc) is 2.89. The second kappa shape index (κ2) is 10.7. The molecule has 7 nitrogen and oxygen atoms in total. The van der Waals surface area contributed by atoms with Crippen LogP contribution in [-0.4, -0.2) is 48.9 Å². The normalized spacial score (nSPS) is 16.0. The lowest BCUT2D eigenvalue weighted by atomic mass is 9.99. The van der Waals surface area contributed by atoms with Crippen LogP contribution >= 0.6 is 0 Å². The number of aromatic nitrogens is 2. The van der Waals surface area contributed by atoms with E-state index in [9.17, 15) is 8.78 Å². The van der Waals surface area contributed by atoms with Gasteiger partial charge in [0.1, 0.15) is 29.8 Å². The number of hydrogen-bond acceptors (Lipinski definition) is 7. The van der Waals surface area contributed by atoms with E-state index < -0.39 is 11.6 Å². The molecule has 3 aromatic rings. The van der Waals surface area contributed by atoms with Crippen LogP contribution in [0.5, 0.6) is 11.5 Å². The summed E-state index contributed by atoms with van der Waals surface area (Å²) < 4.78 is 41.2. The van der Waals surface area contributed by atoms with E-state index in [1.165, 1.54) is 6.07 Å². The van der Waals surface area contributed by atoms with E-state index in [0.29, 0.717) is 54.3 Å². The fraction of sp³-hybridized carbons (Fsp3) is 0.407. The second-order valence-electron chi connectivity index (χ2n) is 9.50. The highest BCUT2D eigenvalue weighted by atomic mass is 19.1. The van der Waals surface area contributed by atoms with E-state index in [2.05, 4.69) is 25.5 Å². The van der Waals surface area contributed by atoms with Gasteiger partial charge < -0.3 is 25.0 Å². The zero-order chi connectivity index (χ0) is 25.1. The third-order valence-electron chi connectivity index (χ3n) is 6.64. The minimum atomic E-state index is -0.539. The lowest BCUT2D eigenvalue weighted by molar-refractivity contribution is 0.214. The van der Waals surface area contributed by atoms with Crippen LogP contribution in [0.1, 0.15) is 26.7 Å². The fourth-order valence-corrected chi connectivity index (χ4v) is 4.66. The Balaban J connectivity index is 1.32. The summed E-state index contributed by atoms with van der Waals surface area (Å²) in [6.07, 6.45) is 5.01. The van der Waals surface area contributed by atoms with E-state index in [-0.39, 0.29) is 17.4 Å². The molecule has 1 saturated heterocycles. The molecule has 0 amide bonds. The highest BCUT2D eigenvalue weighted by molar-refractivity contribution is 5.76. The zero-order valence-electron chi connectivity index (χ0n) is 20.6. The van der Waals surface area contributed by atoms with E-state index >= 15 is 0 Å². The van der Waals surface area contributed by atoms with Crippen molar-refractivity contribution < 1.29 is 18.3 Å². The molecule has 5 rings (SSSR count). The summed E-state index contributed by atoms with van der Waals surface area (Å²) >= 11 is 0. The highest BCUT2D eigenvalue weighted by Crippen LogP contribution is 2.40. The molecule has 2 aliphatic heterocycles. The molecule has 2 N–H and O–H groups in total. The first-order chi connectivity index (χ1) is 17.5. The third-order valence-corrected chi connectivity index (χ3v) is 6.64. The quantitative estimate of drug-likeness (QED) is 0.470. The van der Waals surface area contributed by atoms with E-state index in [1.807, 2.05) is 19.9 Å². The van der Waals surface area contributed by atoms with Gasteiger partial charge in [0.25, 0.3) is 0 Å². The maximum absolute atomic E-state index is 14.9. The van der Waals surface area contributed by atoms with Gasteiger partial charge in [-0.05, 0) is 81.6 Å². The first kappa shape index (κ1) is 24.2. The molecule has 4 heterocycles. The van der Waals surface area contributed by atoms with Crippen LogP contribution in [0.15, 0.2) is 42.7 Å². The molecule has 190 valence electrons. The lowest BCUT2D eigenvalue weighted by Gasteiger charge is -2.35. The number of fused-ring (bicyclic) bond motifs is 1. The summed E-state index contributed by atoms with van der Waals surface area (Å²) in [6.45, 7) is 7.86. The molecule has 0 radical (unpaired) electrons. The van der Waals surface area contributed by atoms with Crippen LogP contribution < -0.4 is 25.0 Å². The summed E-state index contributed by atoms with van der Waals surface area (Å²) in [5, 5.41) is 6.45. The molecule has 0 aliphatic carbocycles. The van der Waals surface area contributed by atoms with Crippen LogP contribution in [0.4, 0.5) is 26.1 Å². The van der Waals surface area contributed by atoms with Crippen LogP contribution in [0.25, 0.3) is 11.1 Å². The molecular formula is C27H31F2N5O2. The number of ether oxygens (including phenoxy) is 2. The fourth-order valence-electron chi connectivity index (χ4n) is 4.66. The molecule has 0 bridgehead atoms. The molecule has 1 aromatic carbocycles. The van der Waals surface area contributed by atoms with E-state index in [0.717, 1.165) is 32.1 Å². The summed E-state index contributed by atoms with van der Waals surface area (Å²) in [5.74, 6) is 1.36. The Morgan fingerprint density at radius 2 is 1.89 bits per heavy atom. The number of pyridine rings is 2. The van der Waals surface area contributed by atoms with Gasteiger partial charge in [0.2, 0.25) is 0 Å². The van der Waals surface area contributed by atoms with Crippen LogP contribution in [0.3, 0.4) is 0 Å². The number of nitrogens with zero attached hydrogens (tertiary/aromatic N) is 3. The Bertz CT molecular complexity index is 1200. The Kier molecular flexibility index (Phi) is 7.18. The monoisotopic (exact) mass is 495 g/mol. The number of benzene rings is 1. The first-order valence-electron chi connectivity index (χ1n) is 12.4. The number of halogens is 2. The van der Waals surface area contributed by atoms with Crippen molar-refractivity contribution in [3.05, 3.63) is 54.4 Å². The SMILES string of the molecule is CC(C)N1CCOc2c(F)cc(-c3cc(Nc4ccc(OCC5CCNCC5)cn4)ncc3F)cc21. The van der Waals surface area contributed by atoms with Crippen molar-refractivity contribution in [2.24, 2.45) is 5.92 Å². The first-order valence-corrected chi connectivity index (χ1v) is 12.4. The lowest BCUT2D eigenvalue weighted by Crippen LogP contribution is -2.38. The second-order valence-corrected chi connectivity index (χ2v) is 9.50. The molecule has 36 heavy (non-hydrogen) atoms. The van der Waals surface area contributed by atoms with Gasteiger partial charge in [-0.15, -0.1) is 0 Å². The molecule has 1 fully saturated rings. The van der Waals surface area contributed by atoms with E-state index in [1.54, 1.807) is 24.4 Å². The van der Waals surface area contributed by atoms with E-state index in [4.69, 9.17) is 9.47 Å². The third kappa shape index (κ3) is 5.36. The van der Waals surface area contributed by atoms with Crippen LogP contribution in [0, 0.1) is 17.6 Å². The average molecular weight is 496 g/mol. The Morgan fingerprint density at radius 3 is 2.64 bits per heavy atom. The number of nitrogens with one attached hydrogen (secondary N) is 2. The molecule has 0 spiro atoms. The Hall–Kier alpha value is -3.46. The molecule has 9 heteroatoms. The van der Waals surface area contributed by atoms with Crippen LogP contribution in [-0.2, 0) is 0 Å². The molecule has 0 unspecified atom stereocenters. The van der Waals surface area contributed by atoms with Gasteiger partial charge in [-0.3, -0.25) is 0 Å². The predicted octanol–water partition coefficient (Wildman–Crippen LogP) is 5.15. The van der Waals surface area contributed by atoms with Crippen molar-refractivity contribution in [1.82, 2.24) is 15.3 Å². The highest BCUT2D eigenvalue weighted by Gasteiger charge is 2.25. The zero-order valence-corrected chi connectivity index (χ0v) is 20.6. The van der Waals surface area contributed by atoms with Gasteiger partial charge in [-0.2, -0.15) is 0 Å². The number of hydrogen-bond donors (Lipinski definition) is 2. The van der Waals surface area contributed by atoms with Crippen molar-refractivity contribution in [2.45, 2.75) is 32.7 Å². The summed E-state index contributed by atoms with van der Waals surface area (Å²) in [7, 11) is 0. The summed E-state index contributed by atoms with van der Waals surface area (Å²) in [4.78, 5) is 10.6. The topological polar surface area (TPSA) is 71.5 Å². The molecule has 0 atom stereocenters. The standard InChI is InChI=1S/C27H31F2N5O2/c1-17(2)34-9-10-35-27-22(28)11-19(12-24(27)34)21-13-26(32-15-23(21)29)33-25-4-3-20(14-31-25)36-16-18-5-7-30-8-6-18/h3-4,11-15,17-18,30H,5-10,16H2,1-2H3,(H,31,32,33). The summed E-state index contributed by atoms with van der Waals surface area (Å²) in [6, 6.07) is 8.42. The van der Waals surface area contributed by atoms with Crippen molar-refractivity contribution in [3.63, 3.8) is 0 Å². The molecular weight excluding hydrogens is 464 g/mol. The van der Waals surface area contributed by atoms with Gasteiger partial charge >= 0.3 is 0 Å². The minimum absolute atomic E-state index is 0.152. The van der Waals surface area contributed by atoms with Crippen molar-refractivity contribution in [1.29, 1.82) is 0 Å². The molecule has 2 aliphatic rings. The van der Waals surface area contributed by atoms with Crippen molar-refractivity contribution in [3.8, 4) is 22.6 Å². The van der Waals surface area contributed by atoms with Crippen molar-refractivity contribution >= 4 is 17.3 Å². The smallest absolute Gasteiger partial charge is 0.178 e. The minimum Gasteiger partial charge on any atom is -0.492 e. The Labute approximate surface area is 209 Å². The van der Waals surface area contributed by atoms with Gasteiger partial charge in [-0.25, -0.2) is 18.7 Å². The van der Waals surface area contributed by atoms with Gasteiger partial charge in [0, 0.05) is 11.6 Å². The number of rotatable bonds is 7. The molecule has 2 aromatic heterocycles. The van der Waals surface area contributed by atoms with Gasteiger partial charge in [0.05, 0.1) is 31.2 Å². The maximum atomic E-state index is 14.9. The number of anilines is 3. The number of piperidine rings is 1. The van der Waals surface area contributed by atoms with Gasteiger partial charge in [-0.1, -0.05) is 0 Å². The van der Waals surface area contributed by atoms with Crippen LogP contribution in [0.2, 0.25) is 0 Å². The Morgan fingerprint density at radius 1 is 1.08 bits per heavy atom. The summed E-state index contributed by atoms with van der Waals surface area (Å²) in [5.41, 5.74) is 1.28. The largest absolute Gasteiger partial charge is 0.492 e. The molecule has 0 saturated carbocycles.